The number of hydrogen-bond acceptors (Lipinski definition) is 3. The zero-order valence-corrected chi connectivity index (χ0v) is 15.4. The van der Waals surface area contributed by atoms with Crippen molar-refractivity contribution < 1.29 is 0 Å². The average Bonchev–Trinajstić information content (AvgIpc) is 2.63. The minimum atomic E-state index is 0.721. The smallest absolute Gasteiger partial charge is 0.0234 e. The molecule has 3 heteroatoms. The van der Waals surface area contributed by atoms with E-state index < -0.39 is 0 Å². The molecule has 0 aromatic heterocycles. The molecule has 2 aliphatic rings. The normalized spacial score (nSPS) is 29.7. The number of hydrogen-bond donors (Lipinski definition) is 1. The van der Waals surface area contributed by atoms with Crippen LogP contribution < -0.4 is 5.73 Å². The minimum absolute atomic E-state index is 0.721. The lowest BCUT2D eigenvalue weighted by atomic mass is 9.76. The van der Waals surface area contributed by atoms with Gasteiger partial charge in [0.05, 0.1) is 0 Å². The van der Waals surface area contributed by atoms with Gasteiger partial charge in [0.1, 0.15) is 0 Å². The zero-order chi connectivity index (χ0) is 16.8. The number of nitrogens with two attached hydrogens (primary N) is 1. The van der Waals surface area contributed by atoms with Crippen LogP contribution in [0.1, 0.15) is 44.6 Å². The first-order valence-corrected chi connectivity index (χ1v) is 10.0. The van der Waals surface area contributed by atoms with Crippen LogP contribution in [0.3, 0.4) is 0 Å². The summed E-state index contributed by atoms with van der Waals surface area (Å²) in [5.41, 5.74) is 7.55. The monoisotopic (exact) mass is 329 g/mol. The van der Waals surface area contributed by atoms with Crippen molar-refractivity contribution in [2.75, 3.05) is 32.7 Å². The molecule has 1 aromatic carbocycles. The van der Waals surface area contributed by atoms with Gasteiger partial charge in [0.15, 0.2) is 0 Å². The lowest BCUT2D eigenvalue weighted by molar-refractivity contribution is 0.0337. The molecule has 3 rings (SSSR count). The molecule has 0 radical (unpaired) electrons. The Morgan fingerprint density at radius 3 is 2.46 bits per heavy atom. The van der Waals surface area contributed by atoms with E-state index in [4.69, 9.17) is 5.73 Å². The Balaban J connectivity index is 1.52. The van der Waals surface area contributed by atoms with Gasteiger partial charge in [0, 0.05) is 38.8 Å². The van der Waals surface area contributed by atoms with E-state index in [-0.39, 0.29) is 0 Å². The summed E-state index contributed by atoms with van der Waals surface area (Å²) in [5.74, 6) is 1.66. The van der Waals surface area contributed by atoms with Crippen molar-refractivity contribution in [3.63, 3.8) is 0 Å². The van der Waals surface area contributed by atoms with Gasteiger partial charge < -0.3 is 5.73 Å². The molecule has 3 nitrogen and oxygen atoms in total. The fourth-order valence-corrected chi connectivity index (χ4v) is 4.78. The van der Waals surface area contributed by atoms with Crippen LogP contribution in [-0.2, 0) is 6.54 Å². The number of piperazine rings is 1. The van der Waals surface area contributed by atoms with Gasteiger partial charge in [-0.05, 0) is 36.8 Å². The van der Waals surface area contributed by atoms with Crippen LogP contribution in [0, 0.1) is 11.8 Å². The van der Waals surface area contributed by atoms with Crippen molar-refractivity contribution >= 4 is 0 Å². The fourth-order valence-electron chi connectivity index (χ4n) is 4.78. The minimum Gasteiger partial charge on any atom is -0.330 e. The maximum absolute atomic E-state index is 6.11. The second-order valence-corrected chi connectivity index (χ2v) is 7.83. The molecule has 0 bridgehead atoms. The predicted octanol–water partition coefficient (Wildman–Crippen LogP) is 3.35. The summed E-state index contributed by atoms with van der Waals surface area (Å²) in [7, 11) is 0. The molecule has 24 heavy (non-hydrogen) atoms. The Bertz CT molecular complexity index is 467. The van der Waals surface area contributed by atoms with Gasteiger partial charge in [0.25, 0.3) is 0 Å². The van der Waals surface area contributed by atoms with Crippen LogP contribution in [0.2, 0.25) is 0 Å². The van der Waals surface area contributed by atoms with Crippen molar-refractivity contribution in [1.29, 1.82) is 0 Å². The van der Waals surface area contributed by atoms with Crippen molar-refractivity contribution in [1.82, 2.24) is 9.80 Å². The third-order valence-corrected chi connectivity index (χ3v) is 6.19. The first kappa shape index (κ1) is 17.9. The topological polar surface area (TPSA) is 32.5 Å². The van der Waals surface area contributed by atoms with Gasteiger partial charge in [-0.2, -0.15) is 0 Å². The predicted molar refractivity (Wildman–Crippen MR) is 102 cm³/mol. The van der Waals surface area contributed by atoms with Gasteiger partial charge >= 0.3 is 0 Å². The molecule has 3 atom stereocenters. The summed E-state index contributed by atoms with van der Waals surface area (Å²) in [6.45, 7) is 9.11. The summed E-state index contributed by atoms with van der Waals surface area (Å²) in [6, 6.07) is 11.6. The first-order chi connectivity index (χ1) is 11.8. The Morgan fingerprint density at radius 1 is 1.04 bits per heavy atom. The molecule has 134 valence electrons. The highest BCUT2D eigenvalue weighted by atomic mass is 15.3. The summed E-state index contributed by atoms with van der Waals surface area (Å²) >= 11 is 0. The Morgan fingerprint density at radius 2 is 1.79 bits per heavy atom. The lowest BCUT2D eigenvalue weighted by Crippen LogP contribution is -2.54. The van der Waals surface area contributed by atoms with Gasteiger partial charge in [-0.1, -0.05) is 56.5 Å². The maximum Gasteiger partial charge on any atom is 0.0234 e. The molecule has 1 aliphatic heterocycles. The quantitative estimate of drug-likeness (QED) is 0.869. The maximum atomic E-state index is 6.11. The van der Waals surface area contributed by atoms with Crippen LogP contribution in [0.4, 0.5) is 0 Å². The average molecular weight is 330 g/mol. The molecule has 1 saturated heterocycles. The largest absolute Gasteiger partial charge is 0.330 e. The van der Waals surface area contributed by atoms with E-state index in [1.54, 1.807) is 0 Å². The van der Waals surface area contributed by atoms with Gasteiger partial charge in [-0.15, -0.1) is 0 Å². The number of nitrogens with zero attached hydrogens (tertiary/aromatic N) is 2. The van der Waals surface area contributed by atoms with Crippen LogP contribution in [0.25, 0.3) is 0 Å². The highest BCUT2D eigenvalue weighted by Crippen LogP contribution is 2.34. The summed E-state index contributed by atoms with van der Waals surface area (Å²) in [5, 5.41) is 0. The molecule has 1 aromatic rings. The summed E-state index contributed by atoms with van der Waals surface area (Å²) in [4.78, 5) is 5.37. The molecule has 1 heterocycles. The van der Waals surface area contributed by atoms with E-state index in [9.17, 15) is 0 Å². The molecular weight excluding hydrogens is 294 g/mol. The first-order valence-electron chi connectivity index (χ1n) is 10.0. The van der Waals surface area contributed by atoms with Gasteiger partial charge in [-0.25, -0.2) is 0 Å². The van der Waals surface area contributed by atoms with Crippen LogP contribution in [-0.4, -0.2) is 48.6 Å². The third-order valence-electron chi connectivity index (χ3n) is 6.19. The molecular formula is C21H35N3. The second-order valence-electron chi connectivity index (χ2n) is 7.83. The highest BCUT2D eigenvalue weighted by molar-refractivity contribution is 5.14. The van der Waals surface area contributed by atoms with E-state index in [2.05, 4.69) is 47.1 Å². The SMILES string of the molecule is CCCC1CCC(CN)C(N2CCN(Cc3ccccc3)CC2)C1. The standard InChI is InChI=1S/C21H35N3/c1-2-6-18-9-10-20(16-22)21(15-18)24-13-11-23(12-14-24)17-19-7-4-3-5-8-19/h3-5,7-8,18,20-21H,2,6,9-17,22H2,1H3. The van der Waals surface area contributed by atoms with Crippen molar-refractivity contribution in [3.8, 4) is 0 Å². The van der Waals surface area contributed by atoms with Crippen LogP contribution >= 0.6 is 0 Å². The van der Waals surface area contributed by atoms with Crippen LogP contribution in [0.5, 0.6) is 0 Å². The lowest BCUT2D eigenvalue weighted by Gasteiger charge is -2.46. The van der Waals surface area contributed by atoms with E-state index in [1.165, 1.54) is 63.8 Å². The fraction of sp³-hybridized carbons (Fsp3) is 0.714. The highest BCUT2D eigenvalue weighted by Gasteiger charge is 2.34. The van der Waals surface area contributed by atoms with Crippen LogP contribution in [0.15, 0.2) is 30.3 Å². The Kier molecular flexibility index (Phi) is 6.70. The summed E-state index contributed by atoms with van der Waals surface area (Å²) < 4.78 is 0. The second kappa shape index (κ2) is 8.98. The number of benzene rings is 1. The van der Waals surface area contributed by atoms with Crippen molar-refractivity contribution in [2.45, 2.75) is 51.6 Å². The molecule has 1 saturated carbocycles. The Hall–Kier alpha value is -0.900. The van der Waals surface area contributed by atoms with E-state index >= 15 is 0 Å². The zero-order valence-electron chi connectivity index (χ0n) is 15.4. The molecule has 3 unspecified atom stereocenters. The van der Waals surface area contributed by atoms with E-state index in [0.29, 0.717) is 0 Å². The van der Waals surface area contributed by atoms with E-state index in [0.717, 1.165) is 31.0 Å². The molecule has 1 aliphatic carbocycles. The Labute approximate surface area is 148 Å². The molecule has 2 N–H and O–H groups in total. The molecule has 0 amide bonds. The van der Waals surface area contributed by atoms with Gasteiger partial charge in [-0.3, -0.25) is 9.80 Å². The molecule has 0 spiro atoms. The molecule has 2 fully saturated rings. The van der Waals surface area contributed by atoms with Crippen molar-refractivity contribution in [3.05, 3.63) is 35.9 Å². The third kappa shape index (κ3) is 4.59. The summed E-state index contributed by atoms with van der Waals surface area (Å²) in [6.07, 6.45) is 6.86. The van der Waals surface area contributed by atoms with E-state index in [1.807, 2.05) is 0 Å². The van der Waals surface area contributed by atoms with Gasteiger partial charge in [0.2, 0.25) is 0 Å². The van der Waals surface area contributed by atoms with Crippen molar-refractivity contribution in [2.24, 2.45) is 17.6 Å². The number of rotatable bonds is 6.